The lowest BCUT2D eigenvalue weighted by atomic mass is 9.77. The topological polar surface area (TPSA) is 109 Å². The Kier molecular flexibility index (Phi) is 17.2. The van der Waals surface area contributed by atoms with Gasteiger partial charge in [0.25, 0.3) is 0 Å². The van der Waals surface area contributed by atoms with E-state index in [-0.39, 0.29) is 6.23 Å². The van der Waals surface area contributed by atoms with Gasteiger partial charge in [0.15, 0.2) is 6.23 Å². The quantitative estimate of drug-likeness (QED) is 0.0804. The highest BCUT2D eigenvalue weighted by molar-refractivity contribution is 14.1. The van der Waals surface area contributed by atoms with Gasteiger partial charge in [0.2, 0.25) is 0 Å². The Morgan fingerprint density at radius 2 is 1.02 bits per heavy atom. The van der Waals surface area contributed by atoms with Crippen LogP contribution in [0.15, 0.2) is 109 Å². The number of benzene rings is 4. The van der Waals surface area contributed by atoms with Crippen molar-refractivity contribution in [2.24, 2.45) is 17.8 Å². The fourth-order valence-corrected chi connectivity index (χ4v) is 9.09. The van der Waals surface area contributed by atoms with Crippen molar-refractivity contribution in [3.8, 4) is 0 Å². The van der Waals surface area contributed by atoms with E-state index in [0.29, 0.717) is 28.8 Å². The van der Waals surface area contributed by atoms with Crippen LogP contribution in [0.3, 0.4) is 0 Å². The molecule has 10 heteroatoms. The average Bonchev–Trinajstić information content (AvgIpc) is 3.87. The van der Waals surface area contributed by atoms with Crippen molar-refractivity contribution in [3.63, 3.8) is 0 Å². The SMILES string of the molecule is CCc1ccc(Cc2cn(C3O[C@H](CC)[C@@H](C)[C@H](C)[C@H]3C)c3ccccc23)cc1.CCc1ccc(Cc2cn(C3O[C@H](CO)[C@@H](O)[C@H](O)[C@H]3O)c3ccccc23)cc1.[3H]CI.[3H]I. The molecule has 0 spiro atoms. The van der Waals surface area contributed by atoms with Crippen molar-refractivity contribution in [1.29, 1.82) is 0.594 Å². The zero-order valence-electron chi connectivity index (χ0n) is 38.4. The van der Waals surface area contributed by atoms with E-state index in [0.717, 1.165) is 48.6 Å². The molecule has 2 fully saturated rings. The van der Waals surface area contributed by atoms with Gasteiger partial charge in [-0.25, -0.2) is 0 Å². The van der Waals surface area contributed by atoms with E-state index < -0.39 is 37.3 Å². The Balaban J connectivity index is 0.000000216. The first-order valence-corrected chi connectivity index (χ1v) is 23.1. The van der Waals surface area contributed by atoms with E-state index in [2.05, 4.69) is 125 Å². The first-order chi connectivity index (χ1) is 30.5. The van der Waals surface area contributed by atoms with Gasteiger partial charge in [-0.1, -0.05) is 149 Å². The molecule has 2 aliphatic heterocycles. The van der Waals surface area contributed by atoms with Crippen LogP contribution in [-0.4, -0.2) is 72.2 Å². The lowest BCUT2D eigenvalue weighted by Gasteiger charge is -2.44. The zero-order chi connectivity index (χ0) is 45.8. The number of para-hydroxylation sites is 2. The van der Waals surface area contributed by atoms with E-state index in [4.69, 9.17) is 11.4 Å². The third-order valence-electron chi connectivity index (χ3n) is 13.1. The number of aryl methyl sites for hydroxylation is 2. The number of aliphatic hydroxyl groups is 4. The number of aliphatic hydroxyl groups excluding tert-OH is 4. The fraction of sp³-hybridized carbons (Fsp3) is 0.451. The molecule has 4 heterocycles. The summed E-state index contributed by atoms with van der Waals surface area (Å²) in [5.41, 5.74) is 9.85. The Hall–Kier alpha value is -2.82. The molecule has 0 radical (unpaired) electrons. The van der Waals surface area contributed by atoms with Crippen molar-refractivity contribution in [1.82, 2.24) is 9.13 Å². The predicted octanol–water partition coefficient (Wildman–Crippen LogP) is 10.4. The molecule has 61 heavy (non-hydrogen) atoms. The van der Waals surface area contributed by atoms with E-state index in [1.807, 2.05) is 53.1 Å². The van der Waals surface area contributed by atoms with Gasteiger partial charge in [0.1, 0.15) is 31.2 Å². The first-order valence-electron chi connectivity index (χ1n) is 22.7. The number of halogens is 2. The number of hydrogen-bond acceptors (Lipinski definition) is 6. The van der Waals surface area contributed by atoms with Gasteiger partial charge in [-0.2, -0.15) is 0 Å². The fourth-order valence-electron chi connectivity index (χ4n) is 9.09. The van der Waals surface area contributed by atoms with E-state index >= 15 is 0 Å². The van der Waals surface area contributed by atoms with Crippen LogP contribution in [0.1, 0.15) is 95.2 Å². The highest BCUT2D eigenvalue weighted by Crippen LogP contribution is 2.43. The Morgan fingerprint density at radius 3 is 1.46 bits per heavy atom. The minimum Gasteiger partial charge on any atom is -0.394 e. The molecule has 0 saturated carbocycles. The third-order valence-corrected chi connectivity index (χ3v) is 13.1. The van der Waals surface area contributed by atoms with E-state index in [9.17, 15) is 20.4 Å². The minimum absolute atomic E-state index is 0.104. The maximum absolute atomic E-state index is 10.6. The minimum atomic E-state index is -1.41. The second-order valence-corrected chi connectivity index (χ2v) is 16.6. The number of hydrogen-bond donors (Lipinski definition) is 4. The molecule has 2 aliphatic rings. The van der Waals surface area contributed by atoms with Crippen LogP contribution in [0.5, 0.6) is 0 Å². The molecule has 2 saturated heterocycles. The van der Waals surface area contributed by atoms with Gasteiger partial charge in [-0.05, 0) is 94.4 Å². The molecule has 0 amide bonds. The molecule has 0 bridgehead atoms. The molecule has 2 aromatic heterocycles. The van der Waals surface area contributed by atoms with E-state index in [1.54, 1.807) is 4.57 Å². The van der Waals surface area contributed by atoms with Crippen molar-refractivity contribution < 1.29 is 31.3 Å². The molecular weight excluding hydrogens is 990 g/mol. The summed E-state index contributed by atoms with van der Waals surface area (Å²) in [5, 5.41) is 42.7. The monoisotopic (exact) mass is 1060 g/mol. The summed E-state index contributed by atoms with van der Waals surface area (Å²) in [7, 11) is 0. The number of fused-ring (bicyclic) bond motifs is 2. The average molecular weight is 1060 g/mol. The third kappa shape index (κ3) is 10.8. The van der Waals surface area contributed by atoms with Gasteiger partial charge in [-0.3, -0.25) is 0 Å². The predicted molar refractivity (Wildman–Crippen MR) is 267 cm³/mol. The van der Waals surface area contributed by atoms with Gasteiger partial charge in [0.05, 0.1) is 23.7 Å². The molecule has 0 aliphatic carbocycles. The standard InChI is InChI=1S/C27H35NO.C23H27NO5.CH3I.HI/c1-6-21-12-14-22(15-13-21)16-23-17-28(25-11-9-8-10-24(23)25)27-20(5)18(3)19(4)26(7-2)29-27;1-2-14-7-9-15(10-8-14)11-16-12-24(18-6-4-3-5-17(16)18)23-22(28)21(27)20(26)19(13-25)29-23;1-2;/h8-15,17-20,26-27H,6-7,16H2,1-5H3;3-10,12,19-23,25-28H,2,11,13H2,1H3;1H3;1H/t18-,19-,20+,26+,27?;19-,20-,21+,22-,23?;;/m01../s1/i;;1T;/hT. The number of rotatable bonds is 10. The molecule has 8 rings (SSSR count). The lowest BCUT2D eigenvalue weighted by molar-refractivity contribution is -0.250. The van der Waals surface area contributed by atoms with Crippen LogP contribution in [0.2, 0.25) is 0 Å². The number of aromatic nitrogens is 2. The van der Waals surface area contributed by atoms with Crippen molar-refractivity contribution >= 4 is 68.2 Å². The largest absolute Gasteiger partial charge is 0.394 e. The molecule has 8 nitrogen and oxygen atoms in total. The van der Waals surface area contributed by atoms with Gasteiger partial charge in [-0.15, -0.1) is 23.8 Å². The normalized spacial score (nSPS) is 26.5. The molecule has 2 unspecified atom stereocenters. The summed E-state index contributed by atoms with van der Waals surface area (Å²) in [4.78, 5) is 0.470. The van der Waals surface area contributed by atoms with Gasteiger partial charge in [0, 0.05) is 30.5 Å². The van der Waals surface area contributed by atoms with Crippen LogP contribution in [0.25, 0.3) is 21.8 Å². The lowest BCUT2D eigenvalue weighted by Crippen LogP contribution is -2.56. The molecule has 330 valence electrons. The number of alkyl halides is 1. The van der Waals surface area contributed by atoms with Crippen molar-refractivity contribution in [3.05, 3.63) is 143 Å². The Morgan fingerprint density at radius 1 is 0.590 bits per heavy atom. The van der Waals surface area contributed by atoms with Gasteiger partial charge >= 0.3 is 0 Å². The van der Waals surface area contributed by atoms with Crippen LogP contribution < -0.4 is 0 Å². The first kappa shape index (κ1) is 46.2. The number of ether oxygens (including phenoxy) is 2. The summed E-state index contributed by atoms with van der Waals surface area (Å²) in [6, 6.07) is 34.2. The van der Waals surface area contributed by atoms with Crippen LogP contribution in [0.4, 0.5) is 0 Å². The van der Waals surface area contributed by atoms with Crippen LogP contribution in [-0.2, 0) is 35.2 Å². The highest BCUT2D eigenvalue weighted by atomic mass is 127. The van der Waals surface area contributed by atoms with Crippen LogP contribution >= 0.6 is 46.4 Å². The molecular formula is C51H66I2N2O6. The maximum Gasteiger partial charge on any atom is 0.163 e. The summed E-state index contributed by atoms with van der Waals surface area (Å²) in [6.07, 6.45) is 3.60. The summed E-state index contributed by atoms with van der Waals surface area (Å²) in [5.74, 6) is 1.73. The summed E-state index contributed by atoms with van der Waals surface area (Å²) in [6.45, 7) is 13.2. The molecule has 6 aromatic rings. The van der Waals surface area contributed by atoms with E-state index in [1.165, 1.54) is 62.5 Å². The molecule has 4 N–H and O–H groups in total. The second kappa shape index (κ2) is 22.7. The summed E-state index contributed by atoms with van der Waals surface area (Å²) < 4.78 is 28.6. The summed E-state index contributed by atoms with van der Waals surface area (Å²) >= 11 is 3.36. The van der Waals surface area contributed by atoms with Gasteiger partial charge < -0.3 is 39.0 Å². The maximum atomic E-state index is 10.6. The second-order valence-electron chi connectivity index (χ2n) is 16.6. The smallest absolute Gasteiger partial charge is 0.163 e. The van der Waals surface area contributed by atoms with Crippen molar-refractivity contribution in [2.45, 2.75) is 117 Å². The highest BCUT2D eigenvalue weighted by Gasteiger charge is 2.44. The van der Waals surface area contributed by atoms with Crippen molar-refractivity contribution in [2.75, 3.05) is 11.5 Å². The zero-order valence-corrected chi connectivity index (χ0v) is 40.7. The Bertz CT molecular complexity index is 2120. The molecule has 4 aromatic carbocycles. The van der Waals surface area contributed by atoms with Crippen LogP contribution in [0, 0.1) is 17.8 Å². The number of nitrogens with zero attached hydrogens (tertiary/aromatic N) is 2. The Labute approximate surface area is 395 Å². The molecule has 10 atom stereocenters.